The van der Waals surface area contributed by atoms with Crippen molar-refractivity contribution in [1.82, 2.24) is 35.0 Å². The van der Waals surface area contributed by atoms with E-state index in [-0.39, 0.29) is 17.6 Å². The lowest BCUT2D eigenvalue weighted by Gasteiger charge is -2.46. The number of hydrogen-bond donors (Lipinski definition) is 0. The topological polar surface area (TPSA) is 106 Å². The molecule has 1 aliphatic rings. The van der Waals surface area contributed by atoms with Crippen molar-refractivity contribution in [1.29, 1.82) is 0 Å². The van der Waals surface area contributed by atoms with Gasteiger partial charge in [-0.05, 0) is 43.3 Å². The Bertz CT molecular complexity index is 1160. The lowest BCUT2D eigenvalue weighted by Crippen LogP contribution is -2.62. The van der Waals surface area contributed by atoms with Crippen LogP contribution in [0.2, 0.25) is 5.02 Å². The molecule has 0 spiro atoms. The number of methoxy groups -OCH3 is 1. The molecule has 0 radical (unpaired) electrons. The predicted molar refractivity (Wildman–Crippen MR) is 116 cm³/mol. The van der Waals surface area contributed by atoms with Gasteiger partial charge in [-0.1, -0.05) is 23.7 Å². The number of aromatic nitrogens is 5. The molecular formula is C21H22ClN7O3. The third-order valence-corrected chi connectivity index (χ3v) is 5.47. The number of carbonyl (C=O) groups is 2. The molecule has 32 heavy (non-hydrogen) atoms. The zero-order chi connectivity index (χ0) is 22.9. The number of piperazine rings is 1. The van der Waals surface area contributed by atoms with E-state index in [2.05, 4.69) is 20.4 Å². The number of benzene rings is 1. The van der Waals surface area contributed by atoms with Crippen LogP contribution in [0.3, 0.4) is 0 Å². The van der Waals surface area contributed by atoms with Crippen LogP contribution in [0.5, 0.6) is 5.88 Å². The van der Waals surface area contributed by atoms with Crippen molar-refractivity contribution >= 4 is 23.4 Å². The molecule has 2 aromatic heterocycles. The molecule has 2 amide bonds. The summed E-state index contributed by atoms with van der Waals surface area (Å²) in [6.07, 6.45) is 0. The van der Waals surface area contributed by atoms with E-state index in [1.165, 1.54) is 11.9 Å². The van der Waals surface area contributed by atoms with E-state index in [9.17, 15) is 9.59 Å². The minimum Gasteiger partial charge on any atom is -0.481 e. The molecule has 11 heteroatoms. The molecule has 0 bridgehead atoms. The highest BCUT2D eigenvalue weighted by molar-refractivity contribution is 6.30. The van der Waals surface area contributed by atoms with E-state index in [0.717, 1.165) is 0 Å². The summed E-state index contributed by atoms with van der Waals surface area (Å²) in [5.41, 5.74) is 0.251. The molecule has 1 aliphatic heterocycles. The van der Waals surface area contributed by atoms with Crippen LogP contribution in [-0.4, -0.2) is 79.1 Å². The predicted octanol–water partition coefficient (Wildman–Crippen LogP) is 2.10. The van der Waals surface area contributed by atoms with Crippen molar-refractivity contribution in [2.24, 2.45) is 0 Å². The normalized spacial score (nSPS) is 15.5. The Morgan fingerprint density at radius 3 is 2.59 bits per heavy atom. The molecular weight excluding hydrogens is 434 g/mol. The van der Waals surface area contributed by atoms with E-state index in [0.29, 0.717) is 41.9 Å². The van der Waals surface area contributed by atoms with E-state index in [1.54, 1.807) is 52.3 Å². The first-order chi connectivity index (χ1) is 15.3. The first-order valence-corrected chi connectivity index (χ1v) is 10.3. The van der Waals surface area contributed by atoms with Crippen molar-refractivity contribution in [2.75, 3.05) is 26.7 Å². The van der Waals surface area contributed by atoms with Crippen LogP contribution < -0.4 is 4.74 Å². The molecule has 3 heterocycles. The smallest absolute Gasteiger partial charge is 0.296 e. The van der Waals surface area contributed by atoms with Gasteiger partial charge >= 0.3 is 0 Å². The van der Waals surface area contributed by atoms with Crippen molar-refractivity contribution in [3.8, 4) is 11.6 Å². The Balaban J connectivity index is 1.49. The second-order valence-corrected chi connectivity index (χ2v) is 8.38. The van der Waals surface area contributed by atoms with Crippen LogP contribution in [0.1, 0.15) is 35.0 Å². The molecule has 0 N–H and O–H groups in total. The molecule has 0 atom stereocenters. The summed E-state index contributed by atoms with van der Waals surface area (Å²) < 4.78 is 5.11. The molecule has 10 nitrogen and oxygen atoms in total. The summed E-state index contributed by atoms with van der Waals surface area (Å²) in [6.45, 7) is 4.80. The molecule has 0 saturated carbocycles. The van der Waals surface area contributed by atoms with Crippen LogP contribution in [0, 0.1) is 0 Å². The summed E-state index contributed by atoms with van der Waals surface area (Å²) in [6, 6.07) is 12.0. The van der Waals surface area contributed by atoms with Gasteiger partial charge in [-0.15, -0.1) is 15.0 Å². The third-order valence-electron chi connectivity index (χ3n) is 5.23. The van der Waals surface area contributed by atoms with Crippen molar-refractivity contribution < 1.29 is 14.3 Å². The van der Waals surface area contributed by atoms with Gasteiger partial charge in [0.05, 0.1) is 18.3 Å². The lowest BCUT2D eigenvalue weighted by atomic mass is 9.98. The quantitative estimate of drug-likeness (QED) is 0.593. The van der Waals surface area contributed by atoms with E-state index >= 15 is 0 Å². The number of tetrazole rings is 1. The second-order valence-electron chi connectivity index (χ2n) is 7.94. The van der Waals surface area contributed by atoms with E-state index in [4.69, 9.17) is 16.3 Å². The van der Waals surface area contributed by atoms with Crippen molar-refractivity contribution in [2.45, 2.75) is 19.4 Å². The lowest BCUT2D eigenvalue weighted by molar-refractivity contribution is 0.0158. The average molecular weight is 456 g/mol. The fourth-order valence-corrected chi connectivity index (χ4v) is 3.83. The van der Waals surface area contributed by atoms with Crippen LogP contribution in [0.15, 0.2) is 42.5 Å². The van der Waals surface area contributed by atoms with E-state index < -0.39 is 5.54 Å². The highest BCUT2D eigenvalue weighted by Gasteiger charge is 2.40. The molecule has 3 aromatic rings. The van der Waals surface area contributed by atoms with E-state index in [1.807, 2.05) is 13.8 Å². The number of carbonyl (C=O) groups excluding carboxylic acids is 2. The zero-order valence-corrected chi connectivity index (χ0v) is 18.7. The summed E-state index contributed by atoms with van der Waals surface area (Å²) >= 11 is 6.02. The standard InChI is InChI=1S/C21H22ClN7O3/c1-21(2)13-27(19(30)16-8-5-9-17(23-16)32-3)10-11-28(21)20(31)18-24-26-29(25-18)15-7-4-6-14(22)12-15/h4-9,12H,10-11,13H2,1-3H3. The maximum absolute atomic E-state index is 13.1. The number of pyridine rings is 1. The number of hydrogen-bond acceptors (Lipinski definition) is 7. The van der Waals surface area contributed by atoms with Gasteiger partial charge in [-0.2, -0.15) is 0 Å². The van der Waals surface area contributed by atoms with Gasteiger partial charge in [-0.3, -0.25) is 9.59 Å². The van der Waals surface area contributed by atoms with Crippen LogP contribution in [-0.2, 0) is 0 Å². The fraction of sp³-hybridized carbons (Fsp3) is 0.333. The molecule has 1 aromatic carbocycles. The van der Waals surface area contributed by atoms with Crippen LogP contribution in [0.4, 0.5) is 0 Å². The van der Waals surface area contributed by atoms with Crippen molar-refractivity contribution in [3.63, 3.8) is 0 Å². The number of nitrogens with zero attached hydrogens (tertiary/aromatic N) is 7. The Kier molecular flexibility index (Phi) is 5.79. The molecule has 1 fully saturated rings. The van der Waals surface area contributed by atoms with Gasteiger partial charge in [0.15, 0.2) is 0 Å². The molecule has 1 saturated heterocycles. The van der Waals surface area contributed by atoms with Gasteiger partial charge in [0, 0.05) is 30.7 Å². The van der Waals surface area contributed by atoms with Gasteiger partial charge in [-0.25, -0.2) is 4.98 Å². The zero-order valence-electron chi connectivity index (χ0n) is 17.9. The van der Waals surface area contributed by atoms with Gasteiger partial charge in [0.1, 0.15) is 5.69 Å². The average Bonchev–Trinajstić information content (AvgIpc) is 3.28. The highest BCUT2D eigenvalue weighted by Crippen LogP contribution is 2.24. The Labute approximate surface area is 189 Å². The van der Waals surface area contributed by atoms with Gasteiger partial charge in [0.2, 0.25) is 5.88 Å². The SMILES string of the molecule is COc1cccc(C(=O)N2CCN(C(=O)c3nnn(-c4cccc(Cl)c4)n3)C(C)(C)C2)n1. The molecule has 0 unspecified atom stereocenters. The fourth-order valence-electron chi connectivity index (χ4n) is 3.64. The molecule has 166 valence electrons. The van der Waals surface area contributed by atoms with Gasteiger partial charge < -0.3 is 14.5 Å². The van der Waals surface area contributed by atoms with Gasteiger partial charge in [0.25, 0.3) is 17.6 Å². The summed E-state index contributed by atoms with van der Waals surface area (Å²) in [5, 5.41) is 12.7. The summed E-state index contributed by atoms with van der Waals surface area (Å²) in [4.78, 5) is 34.9. The minimum absolute atomic E-state index is 0.0210. The second kappa shape index (κ2) is 8.54. The first-order valence-electron chi connectivity index (χ1n) is 9.97. The summed E-state index contributed by atoms with van der Waals surface area (Å²) in [5.74, 6) is -0.214. The molecule has 4 rings (SSSR count). The molecule has 0 aliphatic carbocycles. The van der Waals surface area contributed by atoms with Crippen LogP contribution in [0.25, 0.3) is 5.69 Å². The Hall–Kier alpha value is -3.53. The number of ether oxygens (including phenoxy) is 1. The van der Waals surface area contributed by atoms with Crippen LogP contribution >= 0.6 is 11.6 Å². The number of amides is 2. The monoisotopic (exact) mass is 455 g/mol. The number of rotatable bonds is 4. The highest BCUT2D eigenvalue weighted by atomic mass is 35.5. The first kappa shape index (κ1) is 21.7. The maximum Gasteiger partial charge on any atom is 0.296 e. The largest absolute Gasteiger partial charge is 0.481 e. The minimum atomic E-state index is -0.647. The number of halogens is 1. The maximum atomic E-state index is 13.1. The van der Waals surface area contributed by atoms with Crippen molar-refractivity contribution in [3.05, 3.63) is 59.0 Å². The third kappa shape index (κ3) is 4.26. The Morgan fingerprint density at radius 2 is 1.88 bits per heavy atom. The Morgan fingerprint density at radius 1 is 1.09 bits per heavy atom. The summed E-state index contributed by atoms with van der Waals surface area (Å²) in [7, 11) is 1.50.